The van der Waals surface area contributed by atoms with Gasteiger partial charge in [0.2, 0.25) is 5.91 Å². The number of amides is 3. The topological polar surface area (TPSA) is 71.2 Å². The van der Waals surface area contributed by atoms with Crippen molar-refractivity contribution < 1.29 is 9.59 Å². The molecule has 6 rings (SSSR count). The molecule has 8 heteroatoms. The Hall–Kier alpha value is -3.88. The summed E-state index contributed by atoms with van der Waals surface area (Å²) in [6.45, 7) is 7.71. The third kappa shape index (κ3) is 5.29. The van der Waals surface area contributed by atoms with Crippen LogP contribution in [0.2, 0.25) is 0 Å². The van der Waals surface area contributed by atoms with E-state index in [2.05, 4.69) is 69.1 Å². The van der Waals surface area contributed by atoms with Gasteiger partial charge >= 0.3 is 6.03 Å². The van der Waals surface area contributed by atoms with Crippen LogP contribution in [-0.2, 0) is 17.6 Å². The van der Waals surface area contributed by atoms with Crippen LogP contribution in [0.1, 0.15) is 36.6 Å². The number of carbonyl (C=O) groups excluding carboxylic acids is 2. The van der Waals surface area contributed by atoms with Gasteiger partial charge in [0, 0.05) is 49.6 Å². The average Bonchev–Trinajstić information content (AvgIpc) is 3.57. The normalized spacial score (nSPS) is 18.9. The van der Waals surface area contributed by atoms with Crippen LogP contribution < -0.4 is 20.5 Å². The first-order valence-corrected chi connectivity index (χ1v) is 14.3. The first-order valence-electron chi connectivity index (χ1n) is 14.3. The Bertz CT molecular complexity index is 1310. The summed E-state index contributed by atoms with van der Waals surface area (Å²) in [4.78, 5) is 32.9. The summed E-state index contributed by atoms with van der Waals surface area (Å²) in [5.41, 5.74) is 8.89. The first-order chi connectivity index (χ1) is 19.5. The summed E-state index contributed by atoms with van der Waals surface area (Å²) in [6, 6.07) is 26.8. The minimum absolute atomic E-state index is 0.0249. The number of rotatable bonds is 7. The summed E-state index contributed by atoms with van der Waals surface area (Å²) in [7, 11) is 0. The Labute approximate surface area is 236 Å². The predicted molar refractivity (Wildman–Crippen MR) is 158 cm³/mol. The lowest BCUT2D eigenvalue weighted by Gasteiger charge is -2.40. The molecule has 2 N–H and O–H groups in total. The fourth-order valence-electron chi connectivity index (χ4n) is 6.20. The van der Waals surface area contributed by atoms with E-state index in [1.54, 1.807) is 9.91 Å². The summed E-state index contributed by atoms with van der Waals surface area (Å²) in [5.74, 6) is 0.0844. The van der Waals surface area contributed by atoms with Crippen molar-refractivity contribution in [3.63, 3.8) is 0 Å². The molecular weight excluding hydrogens is 500 g/mol. The highest BCUT2D eigenvalue weighted by atomic mass is 16.2. The van der Waals surface area contributed by atoms with Crippen molar-refractivity contribution in [1.29, 1.82) is 0 Å². The van der Waals surface area contributed by atoms with Crippen molar-refractivity contribution in [3.05, 3.63) is 95.6 Å². The zero-order chi connectivity index (χ0) is 27.6. The van der Waals surface area contributed by atoms with Gasteiger partial charge in [0.25, 0.3) is 0 Å². The van der Waals surface area contributed by atoms with E-state index in [1.165, 1.54) is 11.1 Å². The molecule has 2 heterocycles. The molecule has 8 nitrogen and oxygen atoms in total. The maximum atomic E-state index is 13.7. The molecule has 3 aromatic carbocycles. The Balaban J connectivity index is 1.10. The Kier molecular flexibility index (Phi) is 7.45. The smallest absolute Gasteiger partial charge is 0.340 e. The largest absolute Gasteiger partial charge is 0.369 e. The second kappa shape index (κ2) is 11.3. The maximum absolute atomic E-state index is 13.7. The molecule has 2 fully saturated rings. The number of hydrogen-bond donors (Lipinski definition) is 2. The zero-order valence-corrected chi connectivity index (χ0v) is 23.3. The Morgan fingerprint density at radius 2 is 1.43 bits per heavy atom. The van der Waals surface area contributed by atoms with Gasteiger partial charge in [-0.15, -0.1) is 0 Å². The number of fused-ring (bicyclic) bond motifs is 1. The van der Waals surface area contributed by atoms with Crippen molar-refractivity contribution >= 4 is 23.3 Å². The van der Waals surface area contributed by atoms with Crippen LogP contribution in [-0.4, -0.2) is 66.8 Å². The molecule has 3 aliphatic rings. The molecular formula is C32H38N6O2. The number of benzene rings is 3. The molecule has 1 aliphatic carbocycles. The lowest BCUT2D eigenvalue weighted by molar-refractivity contribution is -0.127. The van der Waals surface area contributed by atoms with Crippen LogP contribution in [0.4, 0.5) is 16.2 Å². The fraction of sp³-hybridized carbons (Fsp3) is 0.375. The van der Waals surface area contributed by atoms with E-state index < -0.39 is 0 Å². The highest BCUT2D eigenvalue weighted by Crippen LogP contribution is 2.28. The summed E-state index contributed by atoms with van der Waals surface area (Å²) < 4.78 is 0. The zero-order valence-electron chi connectivity index (χ0n) is 23.3. The van der Waals surface area contributed by atoms with Gasteiger partial charge in [0.05, 0.1) is 6.67 Å². The number of carbonyl (C=O) groups is 2. The van der Waals surface area contributed by atoms with E-state index in [9.17, 15) is 9.59 Å². The second-order valence-corrected chi connectivity index (χ2v) is 11.2. The van der Waals surface area contributed by atoms with Crippen LogP contribution in [0.3, 0.4) is 0 Å². The molecule has 3 amide bonds. The van der Waals surface area contributed by atoms with Crippen LogP contribution in [0.15, 0.2) is 78.9 Å². The lowest BCUT2D eigenvalue weighted by atomic mass is 10.0. The van der Waals surface area contributed by atoms with Crippen LogP contribution in [0.5, 0.6) is 0 Å². The number of hydrazine groups is 1. The van der Waals surface area contributed by atoms with E-state index >= 15 is 0 Å². The van der Waals surface area contributed by atoms with Crippen molar-refractivity contribution in [2.24, 2.45) is 0 Å². The first kappa shape index (κ1) is 26.3. The Morgan fingerprint density at radius 3 is 2.02 bits per heavy atom. The minimum Gasteiger partial charge on any atom is -0.369 e. The van der Waals surface area contributed by atoms with Crippen molar-refractivity contribution in [1.82, 2.24) is 20.7 Å². The molecule has 208 valence electrons. The van der Waals surface area contributed by atoms with E-state index in [-0.39, 0.29) is 30.1 Å². The molecule has 2 aliphatic heterocycles. The molecule has 40 heavy (non-hydrogen) atoms. The number of urea groups is 1. The minimum atomic E-state index is -0.313. The standard InChI is InChI=1S/C32H38N6O2/c1-23(2)38-32(40)37(22-33-38)29-14-12-28(13-15-29)35-16-18-36(19-17-35)30(24-8-4-3-5-9-24)31(39)34-27-20-25-10-6-7-11-26(25)21-27/h3-15,23,27,30,33H,16-22H2,1-2H3,(H,34,39). The lowest BCUT2D eigenvalue weighted by Crippen LogP contribution is -2.52. The third-order valence-electron chi connectivity index (χ3n) is 8.32. The summed E-state index contributed by atoms with van der Waals surface area (Å²) in [5, 5.41) is 5.04. The van der Waals surface area contributed by atoms with Crippen LogP contribution in [0, 0.1) is 0 Å². The predicted octanol–water partition coefficient (Wildman–Crippen LogP) is 3.95. The number of anilines is 2. The van der Waals surface area contributed by atoms with Crippen molar-refractivity contribution in [3.8, 4) is 0 Å². The van der Waals surface area contributed by atoms with Crippen LogP contribution in [0.25, 0.3) is 0 Å². The van der Waals surface area contributed by atoms with Gasteiger partial charge < -0.3 is 10.2 Å². The highest BCUT2D eigenvalue weighted by molar-refractivity contribution is 5.93. The molecule has 1 unspecified atom stereocenters. The molecule has 0 bridgehead atoms. The SMILES string of the molecule is CC(C)N1NCN(c2ccc(N3CCN(C(C(=O)NC4Cc5ccccc5C4)c4ccccc4)CC3)cc2)C1=O. The van der Waals surface area contributed by atoms with E-state index in [0.29, 0.717) is 6.67 Å². The summed E-state index contributed by atoms with van der Waals surface area (Å²) in [6.07, 6.45) is 1.78. The number of hydrogen-bond acceptors (Lipinski definition) is 5. The second-order valence-electron chi connectivity index (χ2n) is 11.2. The molecule has 0 saturated carbocycles. The molecule has 0 radical (unpaired) electrons. The molecule has 3 aromatic rings. The highest BCUT2D eigenvalue weighted by Gasteiger charge is 2.34. The van der Waals surface area contributed by atoms with Crippen molar-refractivity contribution in [2.75, 3.05) is 42.6 Å². The average molecular weight is 539 g/mol. The molecule has 1 atom stereocenters. The van der Waals surface area contributed by atoms with Gasteiger partial charge in [-0.1, -0.05) is 54.6 Å². The van der Waals surface area contributed by atoms with Gasteiger partial charge in [-0.3, -0.25) is 19.6 Å². The molecule has 0 aromatic heterocycles. The molecule has 2 saturated heterocycles. The monoisotopic (exact) mass is 538 g/mol. The number of nitrogens with zero attached hydrogens (tertiary/aromatic N) is 4. The van der Waals surface area contributed by atoms with Gasteiger partial charge in [0.1, 0.15) is 6.04 Å². The summed E-state index contributed by atoms with van der Waals surface area (Å²) >= 11 is 0. The van der Waals surface area contributed by atoms with Gasteiger partial charge in [-0.2, -0.15) is 0 Å². The Morgan fingerprint density at radius 1 is 0.825 bits per heavy atom. The number of nitrogens with one attached hydrogen (secondary N) is 2. The molecule has 0 spiro atoms. The third-order valence-corrected chi connectivity index (χ3v) is 8.32. The maximum Gasteiger partial charge on any atom is 0.340 e. The van der Waals surface area contributed by atoms with Gasteiger partial charge in [-0.25, -0.2) is 10.2 Å². The van der Waals surface area contributed by atoms with Crippen molar-refractivity contribution in [2.45, 2.75) is 44.8 Å². The van der Waals surface area contributed by atoms with E-state index in [0.717, 1.165) is 56.0 Å². The van der Waals surface area contributed by atoms with E-state index in [1.807, 2.05) is 44.2 Å². The fourth-order valence-corrected chi connectivity index (χ4v) is 6.20. The van der Waals surface area contributed by atoms with Gasteiger partial charge in [0.15, 0.2) is 0 Å². The quantitative estimate of drug-likeness (QED) is 0.477. The van der Waals surface area contributed by atoms with E-state index in [4.69, 9.17) is 0 Å². The van der Waals surface area contributed by atoms with Gasteiger partial charge in [-0.05, 0) is 67.6 Å². The number of piperazine rings is 1. The van der Waals surface area contributed by atoms with Crippen LogP contribution >= 0.6 is 0 Å².